The molecule has 0 spiro atoms. The average molecular weight is 255 g/mol. The SMILES string of the molecule is O=Cc1cn(CCCC(F)(F)F)c2ccccc12. The Kier molecular flexibility index (Phi) is 3.41. The summed E-state index contributed by atoms with van der Waals surface area (Å²) >= 11 is 0. The molecule has 0 aliphatic rings. The van der Waals surface area contributed by atoms with Gasteiger partial charge in [-0.3, -0.25) is 4.79 Å². The highest BCUT2D eigenvalue weighted by Gasteiger charge is 2.26. The van der Waals surface area contributed by atoms with E-state index < -0.39 is 12.6 Å². The molecule has 2 nitrogen and oxygen atoms in total. The Bertz CT molecular complexity index is 557. The van der Waals surface area contributed by atoms with E-state index in [1.807, 2.05) is 0 Å². The lowest BCUT2D eigenvalue weighted by Gasteiger charge is -2.07. The van der Waals surface area contributed by atoms with Crippen LogP contribution in [0.25, 0.3) is 10.9 Å². The molecule has 1 aromatic carbocycles. The van der Waals surface area contributed by atoms with Crippen LogP contribution in [0.1, 0.15) is 23.2 Å². The van der Waals surface area contributed by atoms with Crippen molar-refractivity contribution in [1.82, 2.24) is 4.57 Å². The minimum absolute atomic E-state index is 0.0144. The first kappa shape index (κ1) is 12.7. The molecule has 18 heavy (non-hydrogen) atoms. The van der Waals surface area contributed by atoms with E-state index in [1.165, 1.54) is 0 Å². The van der Waals surface area contributed by atoms with Gasteiger partial charge < -0.3 is 4.57 Å². The third-order valence-electron chi connectivity index (χ3n) is 2.81. The predicted octanol–water partition coefficient (Wildman–Crippen LogP) is 3.80. The number of hydrogen-bond donors (Lipinski definition) is 0. The second-order valence-corrected chi connectivity index (χ2v) is 4.13. The van der Waals surface area contributed by atoms with Crippen LogP contribution >= 0.6 is 0 Å². The van der Waals surface area contributed by atoms with Crippen LogP contribution in [0.4, 0.5) is 13.2 Å². The van der Waals surface area contributed by atoms with E-state index in [4.69, 9.17) is 0 Å². The quantitative estimate of drug-likeness (QED) is 0.762. The molecule has 0 bridgehead atoms. The van der Waals surface area contributed by atoms with Crippen molar-refractivity contribution in [3.63, 3.8) is 0 Å². The molecule has 5 heteroatoms. The van der Waals surface area contributed by atoms with Crippen LogP contribution in [0, 0.1) is 0 Å². The number of carbonyl (C=O) groups excluding carboxylic acids is 1. The maximum atomic E-state index is 12.1. The number of aryl methyl sites for hydroxylation is 1. The van der Waals surface area contributed by atoms with Gasteiger partial charge in [0.25, 0.3) is 0 Å². The van der Waals surface area contributed by atoms with Crippen molar-refractivity contribution in [1.29, 1.82) is 0 Å². The minimum atomic E-state index is -4.13. The van der Waals surface area contributed by atoms with Crippen LogP contribution in [0.3, 0.4) is 0 Å². The Morgan fingerprint density at radius 3 is 2.61 bits per heavy atom. The maximum Gasteiger partial charge on any atom is 0.389 e. The largest absolute Gasteiger partial charge is 0.389 e. The lowest BCUT2D eigenvalue weighted by molar-refractivity contribution is -0.135. The lowest BCUT2D eigenvalue weighted by Crippen LogP contribution is -2.08. The maximum absolute atomic E-state index is 12.1. The monoisotopic (exact) mass is 255 g/mol. The Balaban J connectivity index is 2.21. The number of aldehydes is 1. The summed E-state index contributed by atoms with van der Waals surface area (Å²) in [7, 11) is 0. The third kappa shape index (κ3) is 2.72. The van der Waals surface area contributed by atoms with Gasteiger partial charge in [0.1, 0.15) is 0 Å². The number of fused-ring (bicyclic) bond motifs is 1. The molecule has 0 saturated carbocycles. The predicted molar refractivity (Wildman–Crippen MR) is 62.6 cm³/mol. The molecule has 1 heterocycles. The fourth-order valence-corrected chi connectivity index (χ4v) is 2.00. The zero-order chi connectivity index (χ0) is 13.2. The van der Waals surface area contributed by atoms with Crippen molar-refractivity contribution in [2.45, 2.75) is 25.6 Å². The Labute approximate surface area is 102 Å². The average Bonchev–Trinajstić information content (AvgIpc) is 2.66. The highest BCUT2D eigenvalue weighted by atomic mass is 19.4. The van der Waals surface area contributed by atoms with E-state index in [-0.39, 0.29) is 13.0 Å². The topological polar surface area (TPSA) is 22.0 Å². The van der Waals surface area contributed by atoms with Gasteiger partial charge >= 0.3 is 6.18 Å². The summed E-state index contributed by atoms with van der Waals surface area (Å²) in [5.74, 6) is 0. The summed E-state index contributed by atoms with van der Waals surface area (Å²) < 4.78 is 37.9. The number of nitrogens with zero attached hydrogens (tertiary/aromatic N) is 1. The van der Waals surface area contributed by atoms with Gasteiger partial charge in [0, 0.05) is 35.6 Å². The summed E-state index contributed by atoms with van der Waals surface area (Å²) in [4.78, 5) is 10.9. The molecule has 0 atom stereocenters. The number of rotatable bonds is 4. The van der Waals surface area contributed by atoms with Gasteiger partial charge in [-0.15, -0.1) is 0 Å². The zero-order valence-corrected chi connectivity index (χ0v) is 9.57. The summed E-state index contributed by atoms with van der Waals surface area (Å²) in [5.41, 5.74) is 1.30. The molecular formula is C13H12F3NO. The normalized spacial score (nSPS) is 11.9. The molecule has 2 aromatic rings. The van der Waals surface area contributed by atoms with Gasteiger partial charge in [0.15, 0.2) is 6.29 Å². The molecule has 2 rings (SSSR count). The Morgan fingerprint density at radius 2 is 1.94 bits per heavy atom. The van der Waals surface area contributed by atoms with E-state index in [2.05, 4.69) is 0 Å². The van der Waals surface area contributed by atoms with Crippen LogP contribution in [-0.4, -0.2) is 17.0 Å². The van der Waals surface area contributed by atoms with Gasteiger partial charge in [-0.2, -0.15) is 13.2 Å². The first-order chi connectivity index (χ1) is 8.51. The number of para-hydroxylation sites is 1. The van der Waals surface area contributed by atoms with E-state index >= 15 is 0 Å². The summed E-state index contributed by atoms with van der Waals surface area (Å²) in [5, 5.41) is 0.777. The number of halogens is 3. The van der Waals surface area contributed by atoms with Crippen LogP contribution in [0.2, 0.25) is 0 Å². The van der Waals surface area contributed by atoms with E-state index in [0.29, 0.717) is 5.56 Å². The molecule has 0 saturated heterocycles. The summed E-state index contributed by atoms with van der Waals surface area (Å²) in [6.07, 6.45) is -2.59. The Morgan fingerprint density at radius 1 is 1.22 bits per heavy atom. The van der Waals surface area contributed by atoms with Crippen molar-refractivity contribution < 1.29 is 18.0 Å². The minimum Gasteiger partial charge on any atom is -0.347 e. The van der Waals surface area contributed by atoms with Crippen LogP contribution in [0.15, 0.2) is 30.5 Å². The molecule has 0 unspecified atom stereocenters. The standard InChI is InChI=1S/C13H12F3NO/c14-13(15,16)6-3-7-17-8-10(9-18)11-4-1-2-5-12(11)17/h1-2,4-5,8-9H,3,6-7H2. The van der Waals surface area contributed by atoms with Crippen molar-refractivity contribution in [2.75, 3.05) is 0 Å². The lowest BCUT2D eigenvalue weighted by atomic mass is 10.2. The van der Waals surface area contributed by atoms with Gasteiger partial charge in [0.2, 0.25) is 0 Å². The molecule has 0 fully saturated rings. The number of hydrogen-bond acceptors (Lipinski definition) is 1. The molecule has 0 N–H and O–H groups in total. The fraction of sp³-hybridized carbons (Fsp3) is 0.308. The van der Waals surface area contributed by atoms with Crippen molar-refractivity contribution in [3.05, 3.63) is 36.0 Å². The summed E-state index contributed by atoms with van der Waals surface area (Å²) in [6, 6.07) is 7.20. The fourth-order valence-electron chi connectivity index (χ4n) is 2.00. The van der Waals surface area contributed by atoms with Crippen molar-refractivity contribution in [3.8, 4) is 0 Å². The van der Waals surface area contributed by atoms with Gasteiger partial charge in [0.05, 0.1) is 0 Å². The second kappa shape index (κ2) is 4.84. The first-order valence-electron chi connectivity index (χ1n) is 5.61. The van der Waals surface area contributed by atoms with Gasteiger partial charge in [-0.25, -0.2) is 0 Å². The highest BCUT2D eigenvalue weighted by molar-refractivity contribution is 5.97. The molecule has 0 radical (unpaired) electrons. The molecular weight excluding hydrogens is 243 g/mol. The molecule has 96 valence electrons. The number of aromatic nitrogens is 1. The van der Waals surface area contributed by atoms with Crippen LogP contribution in [0.5, 0.6) is 0 Å². The molecule has 0 amide bonds. The van der Waals surface area contributed by atoms with E-state index in [0.717, 1.165) is 17.2 Å². The smallest absolute Gasteiger partial charge is 0.347 e. The zero-order valence-electron chi connectivity index (χ0n) is 9.57. The highest BCUT2D eigenvalue weighted by Crippen LogP contribution is 2.24. The Hall–Kier alpha value is -1.78. The van der Waals surface area contributed by atoms with E-state index in [1.54, 1.807) is 35.0 Å². The van der Waals surface area contributed by atoms with Crippen LogP contribution in [-0.2, 0) is 6.54 Å². The van der Waals surface area contributed by atoms with E-state index in [9.17, 15) is 18.0 Å². The van der Waals surface area contributed by atoms with Gasteiger partial charge in [-0.05, 0) is 12.5 Å². The number of alkyl halides is 3. The van der Waals surface area contributed by atoms with Crippen molar-refractivity contribution in [2.24, 2.45) is 0 Å². The molecule has 0 aliphatic heterocycles. The second-order valence-electron chi connectivity index (χ2n) is 4.13. The molecule has 0 aliphatic carbocycles. The van der Waals surface area contributed by atoms with Crippen molar-refractivity contribution >= 4 is 17.2 Å². The van der Waals surface area contributed by atoms with Gasteiger partial charge in [-0.1, -0.05) is 18.2 Å². The number of carbonyl (C=O) groups is 1. The summed E-state index contributed by atoms with van der Waals surface area (Å²) in [6.45, 7) is 0.258. The molecule has 1 aromatic heterocycles. The number of benzene rings is 1. The third-order valence-corrected chi connectivity index (χ3v) is 2.81. The van der Waals surface area contributed by atoms with Crippen LogP contribution < -0.4 is 0 Å². The first-order valence-corrected chi connectivity index (χ1v) is 5.61.